The molecule has 0 atom stereocenters. The summed E-state index contributed by atoms with van der Waals surface area (Å²) in [5, 5.41) is 0. The predicted octanol–water partition coefficient (Wildman–Crippen LogP) is 6.02. The van der Waals surface area contributed by atoms with Crippen LogP contribution in [0.1, 0.15) is 6.92 Å². The van der Waals surface area contributed by atoms with Gasteiger partial charge in [-0.3, -0.25) is 0 Å². The summed E-state index contributed by atoms with van der Waals surface area (Å²) in [5.41, 5.74) is -8.49. The van der Waals surface area contributed by atoms with E-state index in [0.29, 0.717) is 0 Å². The molecule has 0 aromatic rings. The van der Waals surface area contributed by atoms with Gasteiger partial charge in [0.05, 0.1) is 0 Å². The highest BCUT2D eigenvalue weighted by molar-refractivity contribution is 5.17. The molecule has 0 unspecified atom stereocenters. The van der Waals surface area contributed by atoms with E-state index in [1.807, 2.05) is 0 Å². The van der Waals surface area contributed by atoms with E-state index in [1.54, 1.807) is 0 Å². The normalized spacial score (nSPS) is 16.8. The fourth-order valence-electron chi connectivity index (χ4n) is 1.40. The number of hydrogen-bond acceptors (Lipinski definition) is 0. The summed E-state index contributed by atoms with van der Waals surface area (Å²) >= 11 is 0. The summed E-state index contributed by atoms with van der Waals surface area (Å²) in [7, 11) is 0. The molecule has 0 spiro atoms. The van der Waals surface area contributed by atoms with Crippen LogP contribution < -0.4 is 0 Å². The van der Waals surface area contributed by atoms with E-state index in [4.69, 9.17) is 0 Å². The molecule has 17 heteroatoms. The minimum absolute atomic E-state index is 1.27. The van der Waals surface area contributed by atoms with E-state index in [1.165, 1.54) is 0 Å². The molecule has 0 aliphatic rings. The van der Waals surface area contributed by atoms with Crippen LogP contribution in [0.3, 0.4) is 0 Å². The Hall–Kier alpha value is -1.19. The zero-order valence-electron chi connectivity index (χ0n) is 11.4. The maximum atomic E-state index is 13.0. The Morgan fingerprint density at radius 3 is 0.769 bits per heavy atom. The number of alkyl halides is 17. The van der Waals surface area contributed by atoms with Crippen LogP contribution in [0.2, 0.25) is 0 Å². The molecule has 0 aromatic carbocycles. The number of rotatable bonds is 5. The SMILES string of the molecule is CC(F)(F)C(F)(F)C(F)(F)C(F)(F)C(F)(F)C(F)(C(F)(F)F)C(F)(F)F. The second kappa shape index (κ2) is 5.65. The smallest absolute Gasteiger partial charge is 0.216 e. The highest BCUT2D eigenvalue weighted by atomic mass is 19.4. The Bertz CT molecular complexity index is 500. The molecular weight excluding hydrogens is 431 g/mol. The van der Waals surface area contributed by atoms with Crippen LogP contribution in [-0.4, -0.2) is 47.6 Å². The van der Waals surface area contributed by atoms with Crippen LogP contribution >= 0.6 is 0 Å². The first kappa shape index (κ1) is 24.8. The van der Waals surface area contributed by atoms with Crippen molar-refractivity contribution in [2.75, 3.05) is 0 Å². The Balaban J connectivity index is 6.86. The largest absolute Gasteiger partial charge is 0.438 e. The van der Waals surface area contributed by atoms with Crippen LogP contribution in [-0.2, 0) is 0 Å². The fraction of sp³-hybridized carbons (Fsp3) is 1.00. The van der Waals surface area contributed by atoms with Gasteiger partial charge in [0.15, 0.2) is 0 Å². The monoisotopic (exact) mass is 434 g/mol. The summed E-state index contributed by atoms with van der Waals surface area (Å²) in [6.45, 7) is -1.27. The molecule has 0 amide bonds. The summed E-state index contributed by atoms with van der Waals surface area (Å²) in [4.78, 5) is 0. The zero-order chi connectivity index (χ0) is 22.0. The van der Waals surface area contributed by atoms with Crippen molar-refractivity contribution in [2.24, 2.45) is 0 Å². The third kappa shape index (κ3) is 2.84. The molecule has 0 aromatic heterocycles. The van der Waals surface area contributed by atoms with E-state index >= 15 is 0 Å². The molecular formula is C9H3F17. The van der Waals surface area contributed by atoms with Gasteiger partial charge in [0.1, 0.15) is 0 Å². The lowest BCUT2D eigenvalue weighted by Gasteiger charge is -2.43. The van der Waals surface area contributed by atoms with Crippen molar-refractivity contribution in [3.63, 3.8) is 0 Å². The second-order valence-electron chi connectivity index (χ2n) is 4.84. The molecule has 0 saturated carbocycles. The molecule has 0 bridgehead atoms. The Kier molecular flexibility index (Phi) is 5.39. The van der Waals surface area contributed by atoms with Crippen molar-refractivity contribution >= 4 is 0 Å². The fourth-order valence-corrected chi connectivity index (χ4v) is 1.40. The minimum atomic E-state index is -8.69. The van der Waals surface area contributed by atoms with Crippen molar-refractivity contribution in [1.82, 2.24) is 0 Å². The standard InChI is InChI=1S/C9H3F17/c1-2(10,11)4(13,14)6(17,18)7(19,20)5(15,16)3(12,8(21,22)23)9(24,25)26/h1H3. The van der Waals surface area contributed by atoms with Gasteiger partial charge in [-0.25, -0.2) is 4.39 Å². The quantitative estimate of drug-likeness (QED) is 0.465. The van der Waals surface area contributed by atoms with Crippen molar-refractivity contribution in [3.05, 3.63) is 0 Å². The van der Waals surface area contributed by atoms with E-state index in [9.17, 15) is 74.6 Å². The summed E-state index contributed by atoms with van der Waals surface area (Å²) in [5.74, 6) is -39.5. The molecule has 0 rings (SSSR count). The third-order valence-electron chi connectivity index (χ3n) is 2.95. The highest BCUT2D eigenvalue weighted by Gasteiger charge is 2.96. The lowest BCUT2D eigenvalue weighted by molar-refractivity contribution is -0.465. The lowest BCUT2D eigenvalue weighted by Crippen LogP contribution is -2.76. The van der Waals surface area contributed by atoms with Crippen LogP contribution in [0.25, 0.3) is 0 Å². The van der Waals surface area contributed by atoms with Gasteiger partial charge >= 0.3 is 47.6 Å². The summed E-state index contributed by atoms with van der Waals surface area (Å²) < 4.78 is 213. The van der Waals surface area contributed by atoms with Gasteiger partial charge in [-0.15, -0.1) is 0 Å². The first-order chi connectivity index (χ1) is 10.8. The Labute approximate surface area is 130 Å². The van der Waals surface area contributed by atoms with Crippen molar-refractivity contribution in [3.8, 4) is 0 Å². The molecule has 0 nitrogen and oxygen atoms in total. The maximum Gasteiger partial charge on any atom is 0.438 e. The van der Waals surface area contributed by atoms with Gasteiger partial charge < -0.3 is 0 Å². The number of hydrogen-bond donors (Lipinski definition) is 0. The number of halogens is 17. The lowest BCUT2D eigenvalue weighted by atomic mass is 9.85. The summed E-state index contributed by atoms with van der Waals surface area (Å²) in [6.07, 6.45) is -16.2. The van der Waals surface area contributed by atoms with Gasteiger partial charge in [-0.2, -0.15) is 70.2 Å². The molecule has 0 saturated heterocycles. The molecule has 0 N–H and O–H groups in total. The molecule has 0 fully saturated rings. The maximum absolute atomic E-state index is 13.0. The van der Waals surface area contributed by atoms with E-state index in [2.05, 4.69) is 0 Å². The van der Waals surface area contributed by atoms with E-state index < -0.39 is 54.6 Å². The van der Waals surface area contributed by atoms with Gasteiger partial charge in [0, 0.05) is 6.92 Å². The van der Waals surface area contributed by atoms with Crippen molar-refractivity contribution in [1.29, 1.82) is 0 Å². The second-order valence-corrected chi connectivity index (χ2v) is 4.84. The Morgan fingerprint density at radius 2 is 0.577 bits per heavy atom. The van der Waals surface area contributed by atoms with Crippen molar-refractivity contribution in [2.45, 2.75) is 54.6 Å². The molecule has 0 aliphatic carbocycles. The van der Waals surface area contributed by atoms with Crippen LogP contribution in [0.5, 0.6) is 0 Å². The first-order valence-electron chi connectivity index (χ1n) is 5.46. The third-order valence-corrected chi connectivity index (χ3v) is 2.95. The van der Waals surface area contributed by atoms with E-state index in [0.717, 1.165) is 0 Å². The average Bonchev–Trinajstić information content (AvgIpc) is 2.32. The predicted molar refractivity (Wildman–Crippen MR) is 46.4 cm³/mol. The first-order valence-corrected chi connectivity index (χ1v) is 5.46. The van der Waals surface area contributed by atoms with Crippen molar-refractivity contribution < 1.29 is 74.6 Å². The van der Waals surface area contributed by atoms with Gasteiger partial charge in [0.25, 0.3) is 0 Å². The molecule has 0 radical (unpaired) electrons. The van der Waals surface area contributed by atoms with Gasteiger partial charge in [-0.1, -0.05) is 0 Å². The minimum Gasteiger partial charge on any atom is -0.216 e. The average molecular weight is 434 g/mol. The van der Waals surface area contributed by atoms with Crippen LogP contribution in [0.4, 0.5) is 74.6 Å². The van der Waals surface area contributed by atoms with Gasteiger partial charge in [0.2, 0.25) is 0 Å². The molecule has 26 heavy (non-hydrogen) atoms. The summed E-state index contributed by atoms with van der Waals surface area (Å²) in [6, 6.07) is 0. The molecule has 158 valence electrons. The Morgan fingerprint density at radius 1 is 0.346 bits per heavy atom. The highest BCUT2D eigenvalue weighted by Crippen LogP contribution is 2.65. The molecule has 0 aliphatic heterocycles. The van der Waals surface area contributed by atoms with Gasteiger partial charge in [-0.05, 0) is 0 Å². The topological polar surface area (TPSA) is 0 Å². The van der Waals surface area contributed by atoms with E-state index in [-0.39, 0.29) is 0 Å². The van der Waals surface area contributed by atoms with Crippen LogP contribution in [0.15, 0.2) is 0 Å². The zero-order valence-corrected chi connectivity index (χ0v) is 11.4. The molecule has 0 heterocycles. The van der Waals surface area contributed by atoms with Crippen LogP contribution in [0, 0.1) is 0 Å².